The summed E-state index contributed by atoms with van der Waals surface area (Å²) >= 11 is 3.18. The van der Waals surface area contributed by atoms with Gasteiger partial charge < -0.3 is 4.74 Å². The standard InChI is InChI=1S/C17H13BrFNO3/c1-23-17(22)15-8-10-4-2-3-5-14(10)20(15)16(21)11-6-12(18)9-13(19)7-11/h2-7,9,15H,8H2,1H3/t15-/m1/s1. The van der Waals surface area contributed by atoms with Gasteiger partial charge in [0.1, 0.15) is 11.9 Å². The van der Waals surface area contributed by atoms with Crippen molar-refractivity contribution in [2.75, 3.05) is 12.0 Å². The number of hydrogen-bond donors (Lipinski definition) is 0. The van der Waals surface area contributed by atoms with Crippen LogP contribution in [0, 0.1) is 5.82 Å². The van der Waals surface area contributed by atoms with Crippen molar-refractivity contribution >= 4 is 33.5 Å². The first kappa shape index (κ1) is 15.7. The van der Waals surface area contributed by atoms with Crippen molar-refractivity contribution in [3.8, 4) is 0 Å². The summed E-state index contributed by atoms with van der Waals surface area (Å²) in [5.74, 6) is -1.46. The second kappa shape index (κ2) is 6.12. The van der Waals surface area contributed by atoms with E-state index in [4.69, 9.17) is 4.74 Å². The van der Waals surface area contributed by atoms with E-state index in [0.717, 1.165) is 11.6 Å². The molecule has 1 heterocycles. The highest BCUT2D eigenvalue weighted by Crippen LogP contribution is 2.34. The highest BCUT2D eigenvalue weighted by molar-refractivity contribution is 9.10. The molecule has 1 atom stereocenters. The van der Waals surface area contributed by atoms with Crippen molar-refractivity contribution in [3.63, 3.8) is 0 Å². The molecule has 1 aliphatic heterocycles. The lowest BCUT2D eigenvalue weighted by atomic mass is 10.1. The van der Waals surface area contributed by atoms with E-state index in [-0.39, 0.29) is 5.56 Å². The number of ether oxygens (including phenoxy) is 1. The summed E-state index contributed by atoms with van der Waals surface area (Å²) in [7, 11) is 1.28. The molecular formula is C17H13BrFNO3. The van der Waals surface area contributed by atoms with Crippen LogP contribution in [0.1, 0.15) is 15.9 Å². The second-order valence-electron chi connectivity index (χ2n) is 5.21. The summed E-state index contributed by atoms with van der Waals surface area (Å²) in [5, 5.41) is 0. The molecule has 0 spiro atoms. The lowest BCUT2D eigenvalue weighted by Crippen LogP contribution is -2.43. The van der Waals surface area contributed by atoms with Crippen LogP contribution in [0.3, 0.4) is 0 Å². The van der Waals surface area contributed by atoms with E-state index in [9.17, 15) is 14.0 Å². The molecule has 4 nitrogen and oxygen atoms in total. The van der Waals surface area contributed by atoms with Crippen molar-refractivity contribution in [2.45, 2.75) is 12.5 Å². The molecule has 0 fully saturated rings. The molecule has 0 unspecified atom stereocenters. The Morgan fingerprint density at radius 1 is 1.26 bits per heavy atom. The van der Waals surface area contributed by atoms with Crippen LogP contribution in [0.25, 0.3) is 0 Å². The van der Waals surface area contributed by atoms with Gasteiger partial charge in [-0.3, -0.25) is 9.69 Å². The third-order valence-electron chi connectivity index (χ3n) is 3.78. The van der Waals surface area contributed by atoms with E-state index < -0.39 is 23.7 Å². The number of fused-ring (bicyclic) bond motifs is 1. The lowest BCUT2D eigenvalue weighted by molar-refractivity contribution is -0.141. The highest BCUT2D eigenvalue weighted by atomic mass is 79.9. The number of nitrogens with zero attached hydrogens (tertiary/aromatic N) is 1. The first-order valence-corrected chi connectivity index (χ1v) is 7.76. The average Bonchev–Trinajstić information content (AvgIpc) is 2.91. The van der Waals surface area contributed by atoms with Gasteiger partial charge in [-0.25, -0.2) is 9.18 Å². The molecule has 1 amide bonds. The smallest absolute Gasteiger partial charge is 0.329 e. The predicted molar refractivity (Wildman–Crippen MR) is 86.9 cm³/mol. The minimum absolute atomic E-state index is 0.169. The molecule has 2 aromatic carbocycles. The number of halogens is 2. The number of carbonyl (C=O) groups excluding carboxylic acids is 2. The monoisotopic (exact) mass is 377 g/mol. The molecule has 23 heavy (non-hydrogen) atoms. The van der Waals surface area contributed by atoms with Crippen LogP contribution in [-0.4, -0.2) is 25.0 Å². The zero-order valence-electron chi connectivity index (χ0n) is 12.3. The Morgan fingerprint density at radius 2 is 2.00 bits per heavy atom. The molecule has 2 aromatic rings. The largest absolute Gasteiger partial charge is 0.467 e. The maximum Gasteiger partial charge on any atom is 0.329 e. The average molecular weight is 378 g/mol. The molecule has 0 aliphatic carbocycles. The Kier molecular flexibility index (Phi) is 4.17. The van der Waals surface area contributed by atoms with Crippen molar-refractivity contribution in [2.24, 2.45) is 0 Å². The van der Waals surface area contributed by atoms with E-state index >= 15 is 0 Å². The summed E-state index contributed by atoms with van der Waals surface area (Å²) in [4.78, 5) is 26.3. The molecule has 118 valence electrons. The fourth-order valence-corrected chi connectivity index (χ4v) is 3.24. The number of hydrogen-bond acceptors (Lipinski definition) is 3. The molecule has 0 bridgehead atoms. The molecule has 0 radical (unpaired) electrons. The van der Waals surface area contributed by atoms with Gasteiger partial charge in [-0.2, -0.15) is 0 Å². The van der Waals surface area contributed by atoms with Crippen LogP contribution in [0.2, 0.25) is 0 Å². The van der Waals surface area contributed by atoms with E-state index in [0.29, 0.717) is 16.6 Å². The maximum absolute atomic E-state index is 13.6. The van der Waals surface area contributed by atoms with Gasteiger partial charge in [-0.1, -0.05) is 34.1 Å². The van der Waals surface area contributed by atoms with Gasteiger partial charge in [0.25, 0.3) is 5.91 Å². The Morgan fingerprint density at radius 3 is 2.70 bits per heavy atom. The second-order valence-corrected chi connectivity index (χ2v) is 6.12. The van der Waals surface area contributed by atoms with Crippen LogP contribution in [-0.2, 0) is 16.0 Å². The topological polar surface area (TPSA) is 46.6 Å². The minimum atomic E-state index is -0.744. The summed E-state index contributed by atoms with van der Waals surface area (Å²) in [5.41, 5.74) is 1.70. The Labute approximate surface area is 141 Å². The van der Waals surface area contributed by atoms with E-state index in [1.165, 1.54) is 24.1 Å². The summed E-state index contributed by atoms with van der Waals surface area (Å²) in [6.45, 7) is 0. The van der Waals surface area contributed by atoms with Crippen molar-refractivity contribution < 1.29 is 18.7 Å². The first-order valence-electron chi connectivity index (χ1n) is 6.96. The Hall–Kier alpha value is -2.21. The SMILES string of the molecule is COC(=O)[C@H]1Cc2ccccc2N1C(=O)c1cc(F)cc(Br)c1. The molecule has 0 N–H and O–H groups in total. The Bertz CT molecular complexity index is 773. The molecule has 0 saturated carbocycles. The first-order chi connectivity index (χ1) is 11.0. The van der Waals surface area contributed by atoms with Crippen LogP contribution in [0.15, 0.2) is 46.9 Å². The summed E-state index contributed by atoms with van der Waals surface area (Å²) in [6, 6.07) is 10.5. The Balaban J connectivity index is 2.06. The van der Waals surface area contributed by atoms with Crippen LogP contribution in [0.4, 0.5) is 10.1 Å². The predicted octanol–water partition coefficient (Wildman–Crippen LogP) is 3.33. The summed E-state index contributed by atoms with van der Waals surface area (Å²) in [6.07, 6.45) is 0.380. The number of anilines is 1. The van der Waals surface area contributed by atoms with Crippen LogP contribution >= 0.6 is 15.9 Å². The van der Waals surface area contributed by atoms with Gasteiger partial charge in [0.2, 0.25) is 0 Å². The van der Waals surface area contributed by atoms with Gasteiger partial charge in [-0.15, -0.1) is 0 Å². The fraction of sp³-hybridized carbons (Fsp3) is 0.176. The molecule has 3 rings (SSSR count). The number of esters is 1. The third kappa shape index (κ3) is 2.86. The van der Waals surface area contributed by atoms with E-state index in [1.54, 1.807) is 12.1 Å². The third-order valence-corrected chi connectivity index (χ3v) is 4.24. The van der Waals surface area contributed by atoms with Gasteiger partial charge in [-0.05, 0) is 29.8 Å². The summed E-state index contributed by atoms with van der Waals surface area (Å²) < 4.78 is 18.9. The number of para-hydroxylation sites is 1. The maximum atomic E-state index is 13.6. The van der Waals surface area contributed by atoms with Gasteiger partial charge in [0.15, 0.2) is 0 Å². The van der Waals surface area contributed by atoms with Crippen molar-refractivity contribution in [3.05, 3.63) is 63.9 Å². The van der Waals surface area contributed by atoms with Gasteiger partial charge >= 0.3 is 5.97 Å². The van der Waals surface area contributed by atoms with Crippen LogP contribution in [0.5, 0.6) is 0 Å². The zero-order chi connectivity index (χ0) is 16.6. The van der Waals surface area contributed by atoms with Crippen molar-refractivity contribution in [1.29, 1.82) is 0 Å². The molecule has 6 heteroatoms. The quantitative estimate of drug-likeness (QED) is 0.754. The minimum Gasteiger partial charge on any atom is -0.467 e. The number of amides is 1. The number of benzene rings is 2. The highest BCUT2D eigenvalue weighted by Gasteiger charge is 2.39. The molecule has 0 saturated heterocycles. The lowest BCUT2D eigenvalue weighted by Gasteiger charge is -2.24. The molecule has 0 aromatic heterocycles. The fourth-order valence-electron chi connectivity index (χ4n) is 2.78. The molecular weight excluding hydrogens is 365 g/mol. The van der Waals surface area contributed by atoms with E-state index in [2.05, 4.69) is 15.9 Å². The zero-order valence-corrected chi connectivity index (χ0v) is 13.8. The van der Waals surface area contributed by atoms with Gasteiger partial charge in [0, 0.05) is 22.1 Å². The van der Waals surface area contributed by atoms with Crippen LogP contribution < -0.4 is 4.90 Å². The number of carbonyl (C=O) groups is 2. The van der Waals surface area contributed by atoms with E-state index in [1.807, 2.05) is 12.1 Å². The number of methoxy groups -OCH3 is 1. The normalized spacial score (nSPS) is 16.1. The van der Waals surface area contributed by atoms with Gasteiger partial charge in [0.05, 0.1) is 7.11 Å². The number of rotatable bonds is 2. The van der Waals surface area contributed by atoms with Crippen molar-refractivity contribution in [1.82, 2.24) is 0 Å². The molecule has 1 aliphatic rings.